The molecule has 0 radical (unpaired) electrons. The monoisotopic (exact) mass is 612 g/mol. The summed E-state index contributed by atoms with van der Waals surface area (Å²) in [6, 6.07) is 17.5. The van der Waals surface area contributed by atoms with Crippen molar-refractivity contribution in [2.75, 3.05) is 0 Å². The van der Waals surface area contributed by atoms with Crippen LogP contribution in [0.1, 0.15) is 50.1 Å². The summed E-state index contributed by atoms with van der Waals surface area (Å²) < 4.78 is 41.9. The lowest BCUT2D eigenvalue weighted by Gasteiger charge is -2.14. The molecule has 8 nitrogen and oxygen atoms in total. The maximum atomic E-state index is 14.0. The van der Waals surface area contributed by atoms with Crippen molar-refractivity contribution in [3.63, 3.8) is 0 Å². The number of alkyl halides is 3. The number of nitrogens with zero attached hydrogens (tertiary/aromatic N) is 8. The molecule has 5 rings (SSSR count). The number of nitriles is 4. The van der Waals surface area contributed by atoms with Gasteiger partial charge in [0, 0.05) is 5.57 Å². The molecule has 0 N–H and O–H groups in total. The lowest BCUT2D eigenvalue weighted by molar-refractivity contribution is -0.137. The van der Waals surface area contributed by atoms with E-state index in [1.54, 1.807) is 25.1 Å². The maximum absolute atomic E-state index is 14.0. The van der Waals surface area contributed by atoms with E-state index in [2.05, 4.69) is 19.4 Å². The third-order valence-corrected chi connectivity index (χ3v) is 7.69. The SMILES string of the molecule is [C-]#[N+]C1=C(c2ccc(C)c([N+]#[C-])c2)/C(=C(/C#N)[N+]#[C-])c2cc3c(cc21)/C(=C(/C#N)[N+]#[C-])C(c1ccc(C#N)c(C(F)(F)F)c1)=C3C#N. The van der Waals surface area contributed by atoms with Crippen molar-refractivity contribution >= 4 is 39.2 Å². The zero-order valence-electron chi connectivity index (χ0n) is 23.8. The fraction of sp³-hybridized carbons (Fsp3) is 0.0556. The molecule has 0 aliphatic heterocycles. The van der Waals surface area contributed by atoms with Crippen LogP contribution in [0.15, 0.2) is 59.9 Å². The van der Waals surface area contributed by atoms with Crippen LogP contribution in [0, 0.1) is 78.5 Å². The van der Waals surface area contributed by atoms with Crippen molar-refractivity contribution in [1.29, 1.82) is 21.0 Å². The zero-order chi connectivity index (χ0) is 34.2. The van der Waals surface area contributed by atoms with Gasteiger partial charge in [-0.1, -0.05) is 24.3 Å². The number of aryl methyl sites for hydroxylation is 1. The second-order valence-electron chi connectivity index (χ2n) is 10.0. The Morgan fingerprint density at radius 1 is 0.681 bits per heavy atom. The van der Waals surface area contributed by atoms with Crippen LogP contribution in [0.4, 0.5) is 18.9 Å². The lowest BCUT2D eigenvalue weighted by atomic mass is 9.91. The van der Waals surface area contributed by atoms with Crippen LogP contribution < -0.4 is 0 Å². The lowest BCUT2D eigenvalue weighted by Crippen LogP contribution is -2.08. The molecule has 47 heavy (non-hydrogen) atoms. The smallest absolute Gasteiger partial charge is 0.238 e. The molecule has 11 heteroatoms. The van der Waals surface area contributed by atoms with Crippen LogP contribution in [0.5, 0.6) is 0 Å². The predicted molar refractivity (Wildman–Crippen MR) is 164 cm³/mol. The normalized spacial score (nSPS) is 15.0. The number of benzene rings is 3. The minimum atomic E-state index is -4.94. The highest BCUT2D eigenvalue weighted by atomic mass is 19.4. The second kappa shape index (κ2) is 11.4. The van der Waals surface area contributed by atoms with E-state index in [1.807, 2.05) is 12.1 Å². The Bertz CT molecular complexity index is 2450. The van der Waals surface area contributed by atoms with Gasteiger partial charge in [-0.15, -0.1) is 0 Å². The number of halogens is 3. The molecule has 0 saturated heterocycles. The van der Waals surface area contributed by atoms with Crippen molar-refractivity contribution in [2.24, 2.45) is 0 Å². The van der Waals surface area contributed by atoms with Gasteiger partial charge in [-0.25, -0.2) is 29.9 Å². The van der Waals surface area contributed by atoms with Gasteiger partial charge in [0.2, 0.25) is 5.70 Å². The molecule has 3 aromatic carbocycles. The number of hydrogen-bond acceptors (Lipinski definition) is 4. The molecular formula is C36H11F3N8. The molecule has 216 valence electrons. The molecule has 0 saturated carbocycles. The van der Waals surface area contributed by atoms with Gasteiger partial charge in [0.15, 0.2) is 5.69 Å². The van der Waals surface area contributed by atoms with Crippen molar-refractivity contribution in [3.8, 4) is 24.3 Å². The minimum Gasteiger partial charge on any atom is -0.238 e. The number of hydrogen-bond donors (Lipinski definition) is 0. The van der Waals surface area contributed by atoms with Crippen molar-refractivity contribution in [2.45, 2.75) is 13.1 Å². The van der Waals surface area contributed by atoms with Gasteiger partial charge in [-0.3, -0.25) is 0 Å². The zero-order valence-corrected chi connectivity index (χ0v) is 23.8. The molecule has 0 spiro atoms. The fourth-order valence-electron chi connectivity index (χ4n) is 5.68. The fourth-order valence-corrected chi connectivity index (χ4v) is 5.68. The van der Waals surface area contributed by atoms with Crippen molar-refractivity contribution in [3.05, 3.63) is 156 Å². The van der Waals surface area contributed by atoms with E-state index in [4.69, 9.17) is 26.3 Å². The van der Waals surface area contributed by atoms with Gasteiger partial charge in [0.25, 0.3) is 11.4 Å². The van der Waals surface area contributed by atoms with E-state index in [1.165, 1.54) is 30.3 Å². The van der Waals surface area contributed by atoms with Gasteiger partial charge in [0.05, 0.1) is 61.2 Å². The molecular weight excluding hydrogens is 601 g/mol. The number of rotatable bonds is 2. The largest absolute Gasteiger partial charge is 0.417 e. The summed E-state index contributed by atoms with van der Waals surface area (Å²) in [6.07, 6.45) is -4.94. The summed E-state index contributed by atoms with van der Waals surface area (Å²) in [4.78, 5) is 13.9. The minimum absolute atomic E-state index is 0.0145. The van der Waals surface area contributed by atoms with E-state index in [0.29, 0.717) is 17.2 Å². The maximum Gasteiger partial charge on any atom is 0.417 e. The first kappa shape index (κ1) is 30.8. The molecule has 0 aromatic heterocycles. The van der Waals surface area contributed by atoms with Crippen molar-refractivity contribution in [1.82, 2.24) is 0 Å². The van der Waals surface area contributed by atoms with Crippen molar-refractivity contribution < 1.29 is 13.2 Å². The molecule has 0 atom stereocenters. The van der Waals surface area contributed by atoms with Crippen LogP contribution in [0.25, 0.3) is 52.9 Å². The average molecular weight is 613 g/mol. The van der Waals surface area contributed by atoms with Crippen LogP contribution >= 0.6 is 0 Å². The summed E-state index contributed by atoms with van der Waals surface area (Å²) >= 11 is 0. The van der Waals surface area contributed by atoms with Gasteiger partial charge in [-0.05, 0) is 86.9 Å². The van der Waals surface area contributed by atoms with E-state index in [-0.39, 0.29) is 72.8 Å². The Morgan fingerprint density at radius 3 is 1.79 bits per heavy atom. The molecule has 0 heterocycles. The van der Waals surface area contributed by atoms with E-state index < -0.39 is 23.0 Å². The Labute approximate surface area is 266 Å². The Morgan fingerprint density at radius 2 is 1.26 bits per heavy atom. The molecule has 0 amide bonds. The molecule has 0 unspecified atom stereocenters. The third kappa shape index (κ3) is 4.65. The summed E-state index contributed by atoms with van der Waals surface area (Å²) in [5.74, 6) is 0. The van der Waals surface area contributed by atoms with Gasteiger partial charge >= 0.3 is 6.18 Å². The Hall–Kier alpha value is -7.67. The Balaban J connectivity index is 1.93. The molecule has 2 aliphatic carbocycles. The first-order valence-electron chi connectivity index (χ1n) is 13.1. The number of allylic oxidation sites excluding steroid dienone is 7. The summed E-state index contributed by atoms with van der Waals surface area (Å²) in [5.41, 5.74) is -1.40. The van der Waals surface area contributed by atoms with Crippen LogP contribution in [0.2, 0.25) is 0 Å². The first-order chi connectivity index (χ1) is 22.5. The Kier molecular flexibility index (Phi) is 7.49. The van der Waals surface area contributed by atoms with Gasteiger partial charge < -0.3 is 0 Å². The third-order valence-electron chi connectivity index (χ3n) is 7.69. The van der Waals surface area contributed by atoms with Crippen LogP contribution in [-0.2, 0) is 6.18 Å². The summed E-state index contributed by atoms with van der Waals surface area (Å²) in [7, 11) is 0. The summed E-state index contributed by atoms with van der Waals surface area (Å²) in [5, 5.41) is 39.6. The van der Waals surface area contributed by atoms with E-state index in [9.17, 15) is 34.2 Å². The molecule has 3 aromatic rings. The quantitative estimate of drug-likeness (QED) is 0.212. The predicted octanol–water partition coefficient (Wildman–Crippen LogP) is 8.99. The number of fused-ring (bicyclic) bond motifs is 2. The van der Waals surface area contributed by atoms with Gasteiger partial charge in [0.1, 0.15) is 6.07 Å². The van der Waals surface area contributed by atoms with Gasteiger partial charge in [-0.2, -0.15) is 23.7 Å². The van der Waals surface area contributed by atoms with E-state index >= 15 is 0 Å². The summed E-state index contributed by atoms with van der Waals surface area (Å²) in [6.45, 7) is 32.7. The van der Waals surface area contributed by atoms with E-state index in [0.717, 1.165) is 6.07 Å². The highest BCUT2D eigenvalue weighted by molar-refractivity contribution is 6.29. The second-order valence-corrected chi connectivity index (χ2v) is 10.0. The first-order valence-corrected chi connectivity index (χ1v) is 13.1. The average Bonchev–Trinajstić information content (AvgIpc) is 3.56. The standard InChI is InChI=1S/C36H11F3N8/c1-18-6-7-20(11-28(18)44-2)32-34(30(17-43)46-4)24-12-22-23(13-25(24)35(32)47-5)33(29(16-42)45-3)31(26(22)15-41)19-8-9-21(14-40)27(10-19)36(37,38)39/h6-13H,1H3/b33-29+,34-30-. The molecule has 2 aliphatic rings. The molecule has 0 fully saturated rings. The topological polar surface area (TPSA) is 113 Å². The van der Waals surface area contributed by atoms with Crippen LogP contribution in [0.3, 0.4) is 0 Å². The highest BCUT2D eigenvalue weighted by Crippen LogP contribution is 2.55. The van der Waals surface area contributed by atoms with Crippen LogP contribution in [-0.4, -0.2) is 0 Å². The highest BCUT2D eigenvalue weighted by Gasteiger charge is 2.39. The molecule has 0 bridgehead atoms.